The van der Waals surface area contributed by atoms with Crippen LogP contribution < -0.4 is 5.32 Å². The average Bonchev–Trinajstić information content (AvgIpc) is 3.00. The number of aromatic nitrogens is 3. The van der Waals surface area contributed by atoms with Gasteiger partial charge < -0.3 is 5.32 Å². The number of hydrogen-bond donors (Lipinski definition) is 1. The molecule has 1 aromatic carbocycles. The van der Waals surface area contributed by atoms with Crippen LogP contribution in [0.15, 0.2) is 61.1 Å². The average molecular weight is 282 g/mol. The maximum absolute atomic E-state index is 14.0. The van der Waals surface area contributed by atoms with Gasteiger partial charge in [-0.3, -0.25) is 4.98 Å². The lowest BCUT2D eigenvalue weighted by atomic mass is 10.0. The lowest BCUT2D eigenvalue weighted by Gasteiger charge is -2.19. The zero-order valence-electron chi connectivity index (χ0n) is 11.6. The molecule has 1 N–H and O–H groups in total. The van der Waals surface area contributed by atoms with Gasteiger partial charge in [0.05, 0.1) is 23.6 Å². The van der Waals surface area contributed by atoms with Crippen molar-refractivity contribution in [1.29, 1.82) is 0 Å². The molecule has 2 aromatic heterocycles. The first kappa shape index (κ1) is 13.5. The molecule has 0 bridgehead atoms. The number of nitrogens with one attached hydrogen (secondary N) is 1. The fraction of sp³-hybridized carbons (Fsp3) is 0.125. The fourth-order valence-corrected chi connectivity index (χ4v) is 2.40. The maximum Gasteiger partial charge on any atom is 0.146 e. The van der Waals surface area contributed by atoms with Crippen molar-refractivity contribution < 1.29 is 4.39 Å². The molecule has 0 saturated carbocycles. The summed E-state index contributed by atoms with van der Waals surface area (Å²) < 4.78 is 15.8. The smallest absolute Gasteiger partial charge is 0.146 e. The summed E-state index contributed by atoms with van der Waals surface area (Å²) in [5.41, 5.74) is 2.35. The lowest BCUT2D eigenvalue weighted by molar-refractivity contribution is 0.557. The molecular formula is C16H15FN4. The number of benzene rings is 1. The maximum atomic E-state index is 14.0. The van der Waals surface area contributed by atoms with Crippen molar-refractivity contribution in [3.63, 3.8) is 0 Å². The van der Waals surface area contributed by atoms with E-state index in [2.05, 4.69) is 15.4 Å². The summed E-state index contributed by atoms with van der Waals surface area (Å²) in [4.78, 5) is 3.80. The van der Waals surface area contributed by atoms with Gasteiger partial charge in [0.1, 0.15) is 5.82 Å². The molecule has 3 rings (SSSR count). The Morgan fingerprint density at radius 3 is 2.62 bits per heavy atom. The van der Waals surface area contributed by atoms with E-state index >= 15 is 0 Å². The Balaban J connectivity index is 2.08. The Morgan fingerprint density at radius 2 is 1.90 bits per heavy atom. The molecule has 2 heterocycles. The van der Waals surface area contributed by atoms with E-state index in [1.807, 2.05) is 36.4 Å². The summed E-state index contributed by atoms with van der Waals surface area (Å²) in [5, 5.41) is 7.49. The molecule has 0 amide bonds. The van der Waals surface area contributed by atoms with Crippen LogP contribution in [-0.4, -0.2) is 21.8 Å². The van der Waals surface area contributed by atoms with E-state index in [9.17, 15) is 4.39 Å². The van der Waals surface area contributed by atoms with Crippen LogP contribution in [0.1, 0.15) is 17.3 Å². The van der Waals surface area contributed by atoms with E-state index in [0.29, 0.717) is 5.56 Å². The van der Waals surface area contributed by atoms with Gasteiger partial charge in [-0.05, 0) is 31.3 Å². The van der Waals surface area contributed by atoms with Crippen LogP contribution in [0.2, 0.25) is 0 Å². The highest BCUT2D eigenvalue weighted by molar-refractivity contribution is 5.36. The van der Waals surface area contributed by atoms with Crippen LogP contribution in [0.3, 0.4) is 0 Å². The number of nitrogens with zero attached hydrogens (tertiary/aromatic N) is 3. The normalized spacial score (nSPS) is 12.3. The first-order chi connectivity index (χ1) is 10.3. The summed E-state index contributed by atoms with van der Waals surface area (Å²) in [6, 6.07) is 13.0. The summed E-state index contributed by atoms with van der Waals surface area (Å²) in [5.74, 6) is -0.335. The van der Waals surface area contributed by atoms with Gasteiger partial charge in [-0.2, -0.15) is 5.10 Å². The Morgan fingerprint density at radius 1 is 1.10 bits per heavy atom. The number of para-hydroxylation sites is 1. The number of pyridine rings is 1. The van der Waals surface area contributed by atoms with Crippen molar-refractivity contribution in [3.8, 4) is 5.69 Å². The highest BCUT2D eigenvalue weighted by Crippen LogP contribution is 2.25. The van der Waals surface area contributed by atoms with Gasteiger partial charge in [0.25, 0.3) is 0 Å². The van der Waals surface area contributed by atoms with Crippen molar-refractivity contribution in [2.75, 3.05) is 7.05 Å². The van der Waals surface area contributed by atoms with Crippen LogP contribution in [0.25, 0.3) is 5.69 Å². The first-order valence-corrected chi connectivity index (χ1v) is 6.67. The predicted molar refractivity (Wildman–Crippen MR) is 78.7 cm³/mol. The van der Waals surface area contributed by atoms with Crippen LogP contribution >= 0.6 is 0 Å². The molecular weight excluding hydrogens is 267 g/mol. The molecule has 5 heteroatoms. The second kappa shape index (κ2) is 5.85. The minimum absolute atomic E-state index is 0.296. The van der Waals surface area contributed by atoms with Gasteiger partial charge in [-0.1, -0.05) is 18.2 Å². The zero-order chi connectivity index (χ0) is 14.7. The number of halogens is 1. The zero-order valence-corrected chi connectivity index (χ0v) is 11.6. The van der Waals surface area contributed by atoms with Crippen LogP contribution in [-0.2, 0) is 0 Å². The molecule has 1 unspecified atom stereocenters. The topological polar surface area (TPSA) is 42.7 Å². The molecule has 0 aliphatic heterocycles. The third-order valence-electron chi connectivity index (χ3n) is 3.37. The van der Waals surface area contributed by atoms with Crippen LogP contribution in [0.4, 0.5) is 4.39 Å². The Labute approximate surface area is 122 Å². The highest BCUT2D eigenvalue weighted by Gasteiger charge is 2.20. The fourth-order valence-electron chi connectivity index (χ4n) is 2.40. The summed E-state index contributed by atoms with van der Waals surface area (Å²) in [6.45, 7) is 0. The SMILES string of the molecule is CNC(c1ccncc1F)c1ccnn1-c1ccccc1. The van der Waals surface area contributed by atoms with E-state index in [-0.39, 0.29) is 11.9 Å². The minimum atomic E-state index is -0.335. The predicted octanol–water partition coefficient (Wildman–Crippen LogP) is 2.72. The molecule has 0 aliphatic rings. The molecule has 21 heavy (non-hydrogen) atoms. The Hall–Kier alpha value is -2.53. The van der Waals surface area contributed by atoms with Crippen molar-refractivity contribution in [1.82, 2.24) is 20.1 Å². The van der Waals surface area contributed by atoms with Gasteiger partial charge in [0.2, 0.25) is 0 Å². The van der Waals surface area contributed by atoms with Gasteiger partial charge in [0.15, 0.2) is 0 Å². The second-order valence-electron chi connectivity index (χ2n) is 4.62. The van der Waals surface area contributed by atoms with Gasteiger partial charge in [0, 0.05) is 18.0 Å². The van der Waals surface area contributed by atoms with E-state index in [0.717, 1.165) is 11.4 Å². The Bertz CT molecular complexity index is 724. The van der Waals surface area contributed by atoms with Crippen LogP contribution in [0, 0.1) is 5.82 Å². The monoisotopic (exact) mass is 282 g/mol. The van der Waals surface area contributed by atoms with Crippen molar-refractivity contribution in [2.45, 2.75) is 6.04 Å². The van der Waals surface area contributed by atoms with Gasteiger partial charge in [-0.15, -0.1) is 0 Å². The molecule has 0 fully saturated rings. The molecule has 0 saturated heterocycles. The molecule has 4 nitrogen and oxygen atoms in total. The van der Waals surface area contributed by atoms with E-state index in [4.69, 9.17) is 0 Å². The largest absolute Gasteiger partial charge is 0.308 e. The molecule has 0 aliphatic carbocycles. The molecule has 106 valence electrons. The third kappa shape index (κ3) is 2.55. The van der Waals surface area contributed by atoms with Crippen molar-refractivity contribution in [3.05, 3.63) is 78.1 Å². The van der Waals surface area contributed by atoms with Crippen molar-refractivity contribution in [2.24, 2.45) is 0 Å². The molecule has 0 spiro atoms. The minimum Gasteiger partial charge on any atom is -0.308 e. The van der Waals surface area contributed by atoms with Crippen LogP contribution in [0.5, 0.6) is 0 Å². The summed E-state index contributed by atoms with van der Waals surface area (Å²) in [7, 11) is 1.80. The second-order valence-corrected chi connectivity index (χ2v) is 4.62. The first-order valence-electron chi connectivity index (χ1n) is 6.67. The van der Waals surface area contributed by atoms with E-state index < -0.39 is 0 Å². The molecule has 3 aromatic rings. The number of hydrogen-bond acceptors (Lipinski definition) is 3. The lowest BCUT2D eigenvalue weighted by Crippen LogP contribution is -2.22. The Kier molecular flexibility index (Phi) is 3.75. The summed E-state index contributed by atoms with van der Waals surface area (Å²) >= 11 is 0. The summed E-state index contributed by atoms with van der Waals surface area (Å²) in [6.07, 6.45) is 4.53. The van der Waals surface area contributed by atoms with Crippen molar-refractivity contribution >= 4 is 0 Å². The standard InChI is InChI=1S/C16H15FN4/c1-18-16(13-7-9-19-11-14(13)17)15-8-10-20-21(15)12-5-3-2-4-6-12/h2-11,16,18H,1H3. The highest BCUT2D eigenvalue weighted by atomic mass is 19.1. The number of rotatable bonds is 4. The van der Waals surface area contributed by atoms with E-state index in [1.165, 1.54) is 6.20 Å². The quantitative estimate of drug-likeness (QED) is 0.800. The molecule has 0 radical (unpaired) electrons. The van der Waals surface area contributed by atoms with Gasteiger partial charge >= 0.3 is 0 Å². The van der Waals surface area contributed by atoms with Gasteiger partial charge in [-0.25, -0.2) is 9.07 Å². The molecule has 1 atom stereocenters. The third-order valence-corrected chi connectivity index (χ3v) is 3.37. The van der Waals surface area contributed by atoms with E-state index in [1.54, 1.807) is 30.2 Å².